The zero-order chi connectivity index (χ0) is 24.0. The number of benzene rings is 1. The molecule has 11 heteroatoms. The fourth-order valence-electron chi connectivity index (χ4n) is 4.19. The number of piperidine rings is 1. The molecule has 2 aliphatic heterocycles. The number of carbonyl (C=O) groups excluding carboxylic acids is 2. The molecule has 0 spiro atoms. The Balaban J connectivity index is 1.71. The highest BCUT2D eigenvalue weighted by atomic mass is 19.4. The Morgan fingerprint density at radius 1 is 1.27 bits per heavy atom. The molecule has 1 fully saturated rings. The third-order valence-corrected chi connectivity index (χ3v) is 5.89. The molecule has 0 bridgehead atoms. The third kappa shape index (κ3) is 4.51. The second kappa shape index (κ2) is 8.31. The van der Waals surface area contributed by atoms with Crippen molar-refractivity contribution >= 4 is 29.2 Å². The van der Waals surface area contributed by atoms with Gasteiger partial charge in [-0.2, -0.15) is 13.2 Å². The predicted octanol–water partition coefficient (Wildman–Crippen LogP) is 2.82. The molecule has 1 aromatic heterocycles. The largest absolute Gasteiger partial charge is 0.419 e. The van der Waals surface area contributed by atoms with Crippen molar-refractivity contribution in [2.75, 3.05) is 25.0 Å². The van der Waals surface area contributed by atoms with Gasteiger partial charge in [-0.15, -0.1) is 0 Å². The maximum absolute atomic E-state index is 14.0. The summed E-state index contributed by atoms with van der Waals surface area (Å²) >= 11 is 0. The van der Waals surface area contributed by atoms with E-state index in [1.807, 2.05) is 0 Å². The Kier molecular flexibility index (Phi) is 5.79. The first-order valence-corrected chi connectivity index (χ1v) is 10.3. The van der Waals surface area contributed by atoms with Crippen LogP contribution in [0.25, 0.3) is 11.6 Å². The van der Waals surface area contributed by atoms with Crippen molar-refractivity contribution in [2.24, 2.45) is 0 Å². The molecule has 0 aliphatic carbocycles. The van der Waals surface area contributed by atoms with Crippen LogP contribution in [-0.2, 0) is 11.0 Å². The Bertz CT molecular complexity index is 1150. The highest BCUT2D eigenvalue weighted by Gasteiger charge is 2.41. The van der Waals surface area contributed by atoms with Gasteiger partial charge in [-0.1, -0.05) is 0 Å². The monoisotopic (exact) mass is 466 g/mol. The number of alkyl halides is 3. The maximum atomic E-state index is 14.0. The maximum Gasteiger partial charge on any atom is 0.419 e. The molecule has 0 atom stereocenters. The predicted molar refractivity (Wildman–Crippen MR) is 113 cm³/mol. The summed E-state index contributed by atoms with van der Waals surface area (Å²) in [6.45, 7) is 2.19. The number of carbonyl (C=O) groups is 2. The lowest BCUT2D eigenvalue weighted by Crippen LogP contribution is -2.49. The molecule has 2 amide bonds. The average molecular weight is 466 g/mol. The zero-order valence-electron chi connectivity index (χ0n) is 17.6. The van der Waals surface area contributed by atoms with Crippen molar-refractivity contribution in [3.8, 4) is 0 Å². The van der Waals surface area contributed by atoms with Crippen molar-refractivity contribution in [3.05, 3.63) is 52.1 Å². The van der Waals surface area contributed by atoms with Gasteiger partial charge in [-0.05, 0) is 57.1 Å². The number of halogens is 4. The second-order valence-electron chi connectivity index (χ2n) is 8.27. The van der Waals surface area contributed by atoms with E-state index in [0.29, 0.717) is 25.9 Å². The van der Waals surface area contributed by atoms with Gasteiger partial charge < -0.3 is 26.0 Å². The van der Waals surface area contributed by atoms with Gasteiger partial charge in [-0.3, -0.25) is 9.59 Å². The van der Waals surface area contributed by atoms with Gasteiger partial charge in [0.05, 0.1) is 28.0 Å². The van der Waals surface area contributed by atoms with Gasteiger partial charge >= 0.3 is 6.18 Å². The molecule has 1 aromatic carbocycles. The van der Waals surface area contributed by atoms with Crippen LogP contribution in [-0.4, -0.2) is 47.1 Å². The first-order chi connectivity index (χ1) is 15.5. The van der Waals surface area contributed by atoms with Crippen molar-refractivity contribution in [1.29, 1.82) is 0 Å². The molecule has 7 nitrogen and oxygen atoms in total. The number of rotatable bonds is 4. The fourth-order valence-corrected chi connectivity index (χ4v) is 4.19. The molecule has 5 N–H and O–H groups in total. The summed E-state index contributed by atoms with van der Waals surface area (Å²) in [4.78, 5) is 27.6. The molecular formula is C22H22F4N4O3. The van der Waals surface area contributed by atoms with Gasteiger partial charge in [0.25, 0.3) is 11.8 Å². The van der Waals surface area contributed by atoms with Crippen molar-refractivity contribution in [1.82, 2.24) is 15.6 Å². The summed E-state index contributed by atoms with van der Waals surface area (Å²) in [5.41, 5.74) is -3.37. The lowest BCUT2D eigenvalue weighted by atomic mass is 9.92. The standard InChI is InChI=1S/C22H22F4N4O3/c1-11-17(20(32)28-10-21(33)4-6-27-7-5-21)18(22(24,25)26)16(29-11)9-14-13-8-12(23)2-3-15(13)30-19(14)31/h2-3,8-9,27,29,33H,4-7,10H2,1H3,(H,28,32)(H,30,31)/b14-9-. The van der Waals surface area contributed by atoms with Crippen molar-refractivity contribution in [2.45, 2.75) is 31.5 Å². The lowest BCUT2D eigenvalue weighted by molar-refractivity contribution is -0.138. The number of aryl methyl sites for hydroxylation is 1. The number of fused-ring (bicyclic) bond motifs is 1. The third-order valence-electron chi connectivity index (χ3n) is 5.89. The van der Waals surface area contributed by atoms with Gasteiger partial charge in [0, 0.05) is 23.5 Å². The fraction of sp³-hybridized carbons (Fsp3) is 0.364. The quantitative estimate of drug-likeness (QED) is 0.353. The first kappa shape index (κ1) is 23.0. The zero-order valence-corrected chi connectivity index (χ0v) is 17.6. The smallest absolute Gasteiger partial charge is 0.388 e. The lowest BCUT2D eigenvalue weighted by Gasteiger charge is -2.32. The number of hydrogen-bond acceptors (Lipinski definition) is 4. The minimum Gasteiger partial charge on any atom is -0.388 e. The number of hydrogen-bond donors (Lipinski definition) is 5. The molecule has 4 rings (SSSR count). The van der Waals surface area contributed by atoms with E-state index in [9.17, 15) is 32.3 Å². The van der Waals surface area contributed by atoms with Crippen LogP contribution in [0.15, 0.2) is 18.2 Å². The van der Waals surface area contributed by atoms with Crippen LogP contribution < -0.4 is 16.0 Å². The highest BCUT2D eigenvalue weighted by molar-refractivity contribution is 6.35. The summed E-state index contributed by atoms with van der Waals surface area (Å²) in [5, 5.41) is 18.5. The van der Waals surface area contributed by atoms with Crippen LogP contribution in [0.4, 0.5) is 23.2 Å². The Hall–Kier alpha value is -3.18. The molecule has 1 saturated heterocycles. The molecule has 3 heterocycles. The molecule has 176 valence electrons. The van der Waals surface area contributed by atoms with E-state index in [4.69, 9.17) is 0 Å². The first-order valence-electron chi connectivity index (χ1n) is 10.3. The van der Waals surface area contributed by atoms with Crippen LogP contribution in [0.2, 0.25) is 0 Å². The molecule has 2 aliphatic rings. The van der Waals surface area contributed by atoms with Crippen molar-refractivity contribution in [3.63, 3.8) is 0 Å². The summed E-state index contributed by atoms with van der Waals surface area (Å²) in [6, 6.07) is 3.49. The number of aromatic nitrogens is 1. The summed E-state index contributed by atoms with van der Waals surface area (Å²) in [5.74, 6) is -2.32. The molecule has 0 radical (unpaired) electrons. The number of anilines is 1. The number of H-pyrrole nitrogens is 1. The number of nitrogens with one attached hydrogen (secondary N) is 4. The molecule has 2 aromatic rings. The minimum absolute atomic E-state index is 0.0538. The number of aliphatic hydroxyl groups is 1. The van der Waals surface area contributed by atoms with E-state index in [0.717, 1.165) is 18.2 Å². The van der Waals surface area contributed by atoms with E-state index in [1.165, 1.54) is 13.0 Å². The summed E-state index contributed by atoms with van der Waals surface area (Å²) in [7, 11) is 0. The Morgan fingerprint density at radius 2 is 1.97 bits per heavy atom. The topological polar surface area (TPSA) is 106 Å². The molecule has 0 unspecified atom stereocenters. The van der Waals surface area contributed by atoms with Crippen LogP contribution in [0.5, 0.6) is 0 Å². The average Bonchev–Trinajstić information content (AvgIpc) is 3.23. The molecule has 33 heavy (non-hydrogen) atoms. The van der Waals surface area contributed by atoms with Gasteiger partial charge in [0.2, 0.25) is 0 Å². The van der Waals surface area contributed by atoms with E-state index in [-0.39, 0.29) is 29.1 Å². The second-order valence-corrected chi connectivity index (χ2v) is 8.27. The SMILES string of the molecule is Cc1[nH]c(/C=C2\C(=O)Nc3ccc(F)cc32)c(C(F)(F)F)c1C(=O)NCC1(O)CCNCC1. The van der Waals surface area contributed by atoms with Crippen LogP contribution in [0.1, 0.15) is 45.7 Å². The van der Waals surface area contributed by atoms with E-state index < -0.39 is 46.2 Å². The Labute approximate surface area is 186 Å². The van der Waals surface area contributed by atoms with Crippen LogP contribution in [0, 0.1) is 12.7 Å². The van der Waals surface area contributed by atoms with Gasteiger partial charge in [0.1, 0.15) is 5.82 Å². The molecular weight excluding hydrogens is 444 g/mol. The van der Waals surface area contributed by atoms with Gasteiger partial charge in [0.15, 0.2) is 0 Å². The van der Waals surface area contributed by atoms with E-state index in [2.05, 4.69) is 20.9 Å². The van der Waals surface area contributed by atoms with Crippen LogP contribution >= 0.6 is 0 Å². The summed E-state index contributed by atoms with van der Waals surface area (Å²) < 4.78 is 55.8. The minimum atomic E-state index is -4.92. The molecule has 0 saturated carbocycles. The van der Waals surface area contributed by atoms with E-state index >= 15 is 0 Å². The van der Waals surface area contributed by atoms with Crippen molar-refractivity contribution < 1.29 is 32.3 Å². The normalized spacial score (nSPS) is 18.8. The van der Waals surface area contributed by atoms with Gasteiger partial charge in [-0.25, -0.2) is 4.39 Å². The summed E-state index contributed by atoms with van der Waals surface area (Å²) in [6.07, 6.45) is -3.25. The number of amides is 2. The Morgan fingerprint density at radius 3 is 2.64 bits per heavy atom. The van der Waals surface area contributed by atoms with Crippen LogP contribution in [0.3, 0.4) is 0 Å². The number of aromatic amines is 1. The van der Waals surface area contributed by atoms with E-state index in [1.54, 1.807) is 0 Å². The highest BCUT2D eigenvalue weighted by Crippen LogP contribution is 2.40.